The highest BCUT2D eigenvalue weighted by Crippen LogP contribution is 2.25. The fourth-order valence-electron chi connectivity index (χ4n) is 1.94. The molecule has 0 bridgehead atoms. The van der Waals surface area contributed by atoms with Gasteiger partial charge < -0.3 is 4.42 Å². The maximum atomic E-state index is 13.5. The number of hydrogen-bond donors (Lipinski definition) is 0. The molecule has 0 aliphatic carbocycles. The van der Waals surface area contributed by atoms with E-state index >= 15 is 0 Å². The maximum absolute atomic E-state index is 13.5. The van der Waals surface area contributed by atoms with Crippen LogP contribution in [-0.4, -0.2) is 11.5 Å². The Labute approximate surface area is 123 Å². The van der Waals surface area contributed by atoms with Gasteiger partial charge in [-0.1, -0.05) is 24.3 Å². The molecular formula is C16H10F2O2S. The summed E-state index contributed by atoms with van der Waals surface area (Å²) in [6.07, 6.45) is 0. The van der Waals surface area contributed by atoms with E-state index in [1.54, 1.807) is 30.3 Å². The minimum absolute atomic E-state index is 0.0301. The lowest BCUT2D eigenvalue weighted by molar-refractivity contribution is 0.0994. The molecule has 2 aromatic carbocycles. The van der Waals surface area contributed by atoms with Crippen molar-refractivity contribution in [3.63, 3.8) is 0 Å². The number of fused-ring (bicyclic) bond motifs is 1. The second-order valence-electron chi connectivity index (χ2n) is 4.41. The fourth-order valence-corrected chi connectivity index (χ4v) is 2.75. The van der Waals surface area contributed by atoms with Gasteiger partial charge in [0.15, 0.2) is 17.2 Å². The van der Waals surface area contributed by atoms with Crippen molar-refractivity contribution in [1.29, 1.82) is 0 Å². The maximum Gasteiger partial charge on any atom is 0.208 e. The van der Waals surface area contributed by atoms with Crippen LogP contribution in [0.25, 0.3) is 11.0 Å². The van der Waals surface area contributed by atoms with Crippen molar-refractivity contribution >= 4 is 28.5 Å². The van der Waals surface area contributed by atoms with Crippen LogP contribution in [0.15, 0.2) is 57.8 Å². The molecule has 0 saturated heterocycles. The molecule has 3 rings (SSSR count). The van der Waals surface area contributed by atoms with Gasteiger partial charge in [-0.25, -0.2) is 8.78 Å². The predicted octanol–water partition coefficient (Wildman–Crippen LogP) is 4.69. The van der Waals surface area contributed by atoms with E-state index < -0.39 is 5.82 Å². The number of benzene rings is 2. The first kappa shape index (κ1) is 13.8. The van der Waals surface area contributed by atoms with Gasteiger partial charge in [0.25, 0.3) is 0 Å². The van der Waals surface area contributed by atoms with Gasteiger partial charge in [-0.2, -0.15) is 0 Å². The van der Waals surface area contributed by atoms with Crippen LogP contribution in [0.3, 0.4) is 0 Å². The van der Waals surface area contributed by atoms with E-state index in [1.165, 1.54) is 18.2 Å². The summed E-state index contributed by atoms with van der Waals surface area (Å²) < 4.78 is 32.2. The topological polar surface area (TPSA) is 30.2 Å². The Balaban J connectivity index is 1.78. The second-order valence-corrected chi connectivity index (χ2v) is 5.43. The SMILES string of the molecule is O=C(CSc1ccccc1F)c1cc2cccc(F)c2o1. The van der Waals surface area contributed by atoms with Crippen molar-refractivity contribution in [2.75, 3.05) is 5.75 Å². The van der Waals surface area contributed by atoms with Gasteiger partial charge in [-0.15, -0.1) is 11.8 Å². The van der Waals surface area contributed by atoms with E-state index in [-0.39, 0.29) is 28.7 Å². The Kier molecular flexibility index (Phi) is 3.75. The van der Waals surface area contributed by atoms with Crippen LogP contribution in [0.5, 0.6) is 0 Å². The molecule has 0 saturated carbocycles. The largest absolute Gasteiger partial charge is 0.450 e. The minimum atomic E-state index is -0.506. The van der Waals surface area contributed by atoms with Crippen LogP contribution in [-0.2, 0) is 0 Å². The van der Waals surface area contributed by atoms with Gasteiger partial charge >= 0.3 is 0 Å². The lowest BCUT2D eigenvalue weighted by Crippen LogP contribution is -2.00. The van der Waals surface area contributed by atoms with Gasteiger partial charge in [-0.05, 0) is 24.3 Å². The number of carbonyl (C=O) groups excluding carboxylic acids is 1. The smallest absolute Gasteiger partial charge is 0.208 e. The van der Waals surface area contributed by atoms with E-state index in [1.807, 2.05) is 0 Å². The molecule has 2 nitrogen and oxygen atoms in total. The summed E-state index contributed by atoms with van der Waals surface area (Å²) in [6.45, 7) is 0. The average Bonchev–Trinajstić information content (AvgIpc) is 2.92. The Morgan fingerprint density at radius 3 is 2.57 bits per heavy atom. The number of carbonyl (C=O) groups is 1. The summed E-state index contributed by atoms with van der Waals surface area (Å²) in [5.41, 5.74) is 0.0664. The van der Waals surface area contributed by atoms with Crippen LogP contribution >= 0.6 is 11.8 Å². The third kappa shape index (κ3) is 2.83. The molecular weight excluding hydrogens is 294 g/mol. The Morgan fingerprint density at radius 2 is 1.81 bits per heavy atom. The second kappa shape index (κ2) is 5.69. The van der Waals surface area contributed by atoms with Crippen LogP contribution in [0.1, 0.15) is 10.6 Å². The van der Waals surface area contributed by atoms with E-state index in [4.69, 9.17) is 4.42 Å². The molecule has 0 N–H and O–H groups in total. The lowest BCUT2D eigenvalue weighted by atomic mass is 10.2. The molecule has 0 spiro atoms. The molecule has 0 atom stereocenters. The molecule has 1 aromatic heterocycles. The number of furan rings is 1. The lowest BCUT2D eigenvalue weighted by Gasteiger charge is -2.00. The van der Waals surface area contributed by atoms with Gasteiger partial charge in [-0.3, -0.25) is 4.79 Å². The van der Waals surface area contributed by atoms with Crippen LogP contribution in [0.4, 0.5) is 8.78 Å². The van der Waals surface area contributed by atoms with E-state index in [0.29, 0.717) is 10.3 Å². The zero-order chi connectivity index (χ0) is 14.8. The standard InChI is InChI=1S/C16H10F2O2S/c17-11-5-1-2-7-15(11)21-9-13(19)14-8-10-4-3-6-12(18)16(10)20-14/h1-8H,9H2. The quantitative estimate of drug-likeness (QED) is 0.517. The summed E-state index contributed by atoms with van der Waals surface area (Å²) in [6, 6.07) is 12.2. The van der Waals surface area contributed by atoms with Gasteiger partial charge in [0.2, 0.25) is 5.78 Å². The molecule has 0 radical (unpaired) electrons. The van der Waals surface area contributed by atoms with Gasteiger partial charge in [0, 0.05) is 10.3 Å². The van der Waals surface area contributed by atoms with Crippen molar-refractivity contribution in [2.45, 2.75) is 4.90 Å². The molecule has 0 amide bonds. The third-order valence-corrected chi connectivity index (χ3v) is 4.01. The highest BCUT2D eigenvalue weighted by atomic mass is 32.2. The summed E-state index contributed by atoms with van der Waals surface area (Å²) in [4.78, 5) is 12.4. The number of Topliss-reactive ketones (excluding diaryl/α,β-unsaturated/α-hetero) is 1. The number of thioether (sulfide) groups is 1. The van der Waals surface area contributed by atoms with Crippen molar-refractivity contribution in [3.05, 3.63) is 65.9 Å². The van der Waals surface area contributed by atoms with Crippen LogP contribution < -0.4 is 0 Å². The highest BCUT2D eigenvalue weighted by molar-refractivity contribution is 8.00. The van der Waals surface area contributed by atoms with Crippen LogP contribution in [0.2, 0.25) is 0 Å². The Hall–Kier alpha value is -2.14. The number of halogens is 2. The van der Waals surface area contributed by atoms with Crippen molar-refractivity contribution in [1.82, 2.24) is 0 Å². The normalized spacial score (nSPS) is 11.0. The van der Waals surface area contributed by atoms with E-state index in [9.17, 15) is 13.6 Å². The van der Waals surface area contributed by atoms with Crippen molar-refractivity contribution in [3.8, 4) is 0 Å². The summed E-state index contributed by atoms with van der Waals surface area (Å²) in [5.74, 6) is -1.07. The summed E-state index contributed by atoms with van der Waals surface area (Å²) >= 11 is 1.09. The molecule has 0 unspecified atom stereocenters. The average molecular weight is 304 g/mol. The molecule has 106 valence electrons. The number of rotatable bonds is 4. The highest BCUT2D eigenvalue weighted by Gasteiger charge is 2.15. The van der Waals surface area contributed by atoms with E-state index in [2.05, 4.69) is 0 Å². The van der Waals surface area contributed by atoms with Crippen molar-refractivity contribution < 1.29 is 18.0 Å². The zero-order valence-electron chi connectivity index (χ0n) is 10.8. The molecule has 3 aromatic rings. The predicted molar refractivity (Wildman–Crippen MR) is 77.6 cm³/mol. The Morgan fingerprint density at radius 1 is 1.05 bits per heavy atom. The molecule has 21 heavy (non-hydrogen) atoms. The first-order valence-electron chi connectivity index (χ1n) is 6.24. The van der Waals surface area contributed by atoms with Crippen LogP contribution in [0, 0.1) is 11.6 Å². The van der Waals surface area contributed by atoms with Gasteiger partial charge in [0.05, 0.1) is 5.75 Å². The first-order chi connectivity index (χ1) is 10.1. The molecule has 0 aliphatic heterocycles. The minimum Gasteiger partial charge on any atom is -0.450 e. The fraction of sp³-hybridized carbons (Fsp3) is 0.0625. The van der Waals surface area contributed by atoms with Gasteiger partial charge in [0.1, 0.15) is 5.82 Å². The molecule has 0 fully saturated rings. The van der Waals surface area contributed by atoms with Crippen molar-refractivity contribution in [2.24, 2.45) is 0 Å². The Bertz CT molecular complexity index is 811. The number of para-hydroxylation sites is 1. The third-order valence-electron chi connectivity index (χ3n) is 2.97. The molecule has 1 heterocycles. The first-order valence-corrected chi connectivity index (χ1v) is 7.22. The summed E-state index contributed by atoms with van der Waals surface area (Å²) in [5, 5.41) is 0.536. The zero-order valence-corrected chi connectivity index (χ0v) is 11.6. The monoisotopic (exact) mass is 304 g/mol. The van der Waals surface area contributed by atoms with E-state index in [0.717, 1.165) is 11.8 Å². The summed E-state index contributed by atoms with van der Waals surface area (Å²) in [7, 11) is 0. The molecule has 0 aliphatic rings. The number of ketones is 1. The molecule has 5 heteroatoms. The number of hydrogen-bond acceptors (Lipinski definition) is 3.